The van der Waals surface area contributed by atoms with Gasteiger partial charge in [0.2, 0.25) is 0 Å². The Bertz CT molecular complexity index is 520. The van der Waals surface area contributed by atoms with Gasteiger partial charge in [-0.15, -0.1) is 11.6 Å². The van der Waals surface area contributed by atoms with E-state index in [-0.39, 0.29) is 27.8 Å². The highest BCUT2D eigenvalue weighted by Crippen LogP contribution is 2.24. The van der Waals surface area contributed by atoms with E-state index in [1.54, 1.807) is 0 Å². The molecule has 88 valence electrons. The Morgan fingerprint density at radius 3 is 2.88 bits per heavy atom. The van der Waals surface area contributed by atoms with Gasteiger partial charge in [0.25, 0.3) is 0 Å². The van der Waals surface area contributed by atoms with Crippen LogP contribution in [0.2, 0.25) is 5.02 Å². The number of carbonyl (C=O) groups excluding carboxylic acids is 1. The Balaban J connectivity index is 2.49. The lowest BCUT2D eigenvalue weighted by molar-refractivity contribution is -0.136. The smallest absolute Gasteiger partial charge is 0.312 e. The zero-order valence-corrected chi connectivity index (χ0v) is 9.93. The Kier molecular flexibility index (Phi) is 3.45. The summed E-state index contributed by atoms with van der Waals surface area (Å²) in [6.07, 6.45) is 1.29. The summed E-state index contributed by atoms with van der Waals surface area (Å²) in [6, 6.07) is 4.24. The molecule has 0 aliphatic carbocycles. The van der Waals surface area contributed by atoms with Crippen LogP contribution < -0.4 is 0 Å². The molecule has 0 aromatic heterocycles. The van der Waals surface area contributed by atoms with Crippen LogP contribution in [0.25, 0.3) is 6.08 Å². The molecular weight excluding hydrogens is 268 g/mol. The van der Waals surface area contributed by atoms with Crippen LogP contribution in [0.15, 0.2) is 28.9 Å². The van der Waals surface area contributed by atoms with Crippen molar-refractivity contribution in [2.45, 2.75) is 0 Å². The molecular formula is C11H6Cl2FNO2. The van der Waals surface area contributed by atoms with E-state index >= 15 is 0 Å². The zero-order chi connectivity index (χ0) is 12.4. The van der Waals surface area contributed by atoms with Crippen molar-refractivity contribution in [2.24, 2.45) is 5.16 Å². The lowest BCUT2D eigenvalue weighted by atomic mass is 10.1. The van der Waals surface area contributed by atoms with Crippen molar-refractivity contribution in [1.82, 2.24) is 0 Å². The van der Waals surface area contributed by atoms with E-state index < -0.39 is 11.8 Å². The first-order chi connectivity index (χ1) is 8.13. The monoisotopic (exact) mass is 273 g/mol. The third kappa shape index (κ3) is 2.33. The number of carbonyl (C=O) groups is 1. The van der Waals surface area contributed by atoms with Crippen LogP contribution in [0.1, 0.15) is 5.56 Å². The summed E-state index contributed by atoms with van der Waals surface area (Å²) in [7, 11) is 0. The Hall–Kier alpha value is -1.39. The highest BCUT2D eigenvalue weighted by molar-refractivity contribution is 6.39. The number of rotatable bonds is 2. The van der Waals surface area contributed by atoms with Gasteiger partial charge in [-0.3, -0.25) is 0 Å². The molecule has 0 amide bonds. The molecule has 0 radical (unpaired) electrons. The van der Waals surface area contributed by atoms with Gasteiger partial charge < -0.3 is 4.84 Å². The normalized spacial score (nSPS) is 17.2. The van der Waals surface area contributed by atoms with E-state index in [2.05, 4.69) is 9.99 Å². The van der Waals surface area contributed by atoms with E-state index in [0.717, 1.165) is 0 Å². The van der Waals surface area contributed by atoms with Crippen LogP contribution in [-0.4, -0.2) is 17.6 Å². The second kappa shape index (κ2) is 4.85. The summed E-state index contributed by atoms with van der Waals surface area (Å²) in [6.45, 7) is 0. The van der Waals surface area contributed by atoms with E-state index in [1.807, 2.05) is 0 Å². The number of benzene rings is 1. The first kappa shape index (κ1) is 12.1. The Labute approximate surface area is 106 Å². The van der Waals surface area contributed by atoms with Crippen LogP contribution in [0.3, 0.4) is 0 Å². The minimum absolute atomic E-state index is 0.00362. The molecule has 2 rings (SSSR count). The average Bonchev–Trinajstić information content (AvgIpc) is 2.65. The lowest BCUT2D eigenvalue weighted by Crippen LogP contribution is -2.06. The third-order valence-electron chi connectivity index (χ3n) is 2.18. The van der Waals surface area contributed by atoms with Crippen LogP contribution >= 0.6 is 23.2 Å². The number of halogens is 3. The van der Waals surface area contributed by atoms with Gasteiger partial charge in [-0.25, -0.2) is 9.18 Å². The average molecular weight is 274 g/mol. The van der Waals surface area contributed by atoms with Crippen molar-refractivity contribution >= 4 is 41.0 Å². The standard InChI is InChI=1S/C11H6Cl2FNO2/c12-5-10-7(11(16)17-15-10)4-6-8(13)2-1-3-9(6)14/h1-4H,5H2/b7-4+. The molecule has 0 bridgehead atoms. The van der Waals surface area contributed by atoms with Gasteiger partial charge in [0.15, 0.2) is 0 Å². The second-order valence-electron chi connectivity index (χ2n) is 3.24. The Morgan fingerprint density at radius 2 is 2.24 bits per heavy atom. The molecule has 1 aromatic carbocycles. The molecule has 3 nitrogen and oxygen atoms in total. The van der Waals surface area contributed by atoms with Gasteiger partial charge in [-0.1, -0.05) is 22.8 Å². The van der Waals surface area contributed by atoms with Gasteiger partial charge in [-0.2, -0.15) is 0 Å². The topological polar surface area (TPSA) is 38.7 Å². The minimum atomic E-state index is -0.667. The number of hydrogen-bond donors (Lipinski definition) is 0. The fourth-order valence-electron chi connectivity index (χ4n) is 1.34. The predicted octanol–water partition coefficient (Wildman–Crippen LogP) is 3.01. The molecule has 17 heavy (non-hydrogen) atoms. The predicted molar refractivity (Wildman–Crippen MR) is 63.6 cm³/mol. The first-order valence-electron chi connectivity index (χ1n) is 4.63. The fraction of sp³-hybridized carbons (Fsp3) is 0.0909. The summed E-state index contributed by atoms with van der Waals surface area (Å²) >= 11 is 11.4. The number of hydrogen-bond acceptors (Lipinski definition) is 3. The zero-order valence-electron chi connectivity index (χ0n) is 8.41. The molecule has 0 fully saturated rings. The molecule has 0 N–H and O–H groups in total. The molecule has 0 unspecified atom stereocenters. The maximum Gasteiger partial charge on any atom is 0.367 e. The maximum absolute atomic E-state index is 13.5. The van der Waals surface area contributed by atoms with Gasteiger partial charge in [0.1, 0.15) is 11.5 Å². The molecule has 0 spiro atoms. The van der Waals surface area contributed by atoms with Crippen molar-refractivity contribution in [1.29, 1.82) is 0 Å². The van der Waals surface area contributed by atoms with Crippen molar-refractivity contribution in [2.75, 3.05) is 5.88 Å². The fourth-order valence-corrected chi connectivity index (χ4v) is 1.75. The summed E-state index contributed by atoms with van der Waals surface area (Å²) in [5, 5.41) is 3.67. The third-order valence-corrected chi connectivity index (χ3v) is 2.77. The van der Waals surface area contributed by atoms with Gasteiger partial charge >= 0.3 is 5.97 Å². The molecule has 6 heteroatoms. The SMILES string of the molecule is O=C1ON=C(CCl)/C1=C\c1c(F)cccc1Cl. The molecule has 1 heterocycles. The number of alkyl halides is 1. The molecule has 0 saturated carbocycles. The largest absolute Gasteiger partial charge is 0.367 e. The highest BCUT2D eigenvalue weighted by Gasteiger charge is 2.25. The molecule has 0 saturated heterocycles. The highest BCUT2D eigenvalue weighted by atomic mass is 35.5. The van der Waals surface area contributed by atoms with Gasteiger partial charge in [0, 0.05) is 5.56 Å². The van der Waals surface area contributed by atoms with Crippen LogP contribution in [0.4, 0.5) is 4.39 Å². The molecule has 0 atom stereocenters. The quantitative estimate of drug-likeness (QED) is 0.472. The Morgan fingerprint density at radius 1 is 1.47 bits per heavy atom. The van der Waals surface area contributed by atoms with Crippen molar-refractivity contribution in [3.8, 4) is 0 Å². The van der Waals surface area contributed by atoms with Crippen LogP contribution in [0.5, 0.6) is 0 Å². The first-order valence-corrected chi connectivity index (χ1v) is 5.55. The van der Waals surface area contributed by atoms with Gasteiger partial charge in [-0.05, 0) is 18.2 Å². The van der Waals surface area contributed by atoms with Crippen LogP contribution in [0, 0.1) is 5.82 Å². The van der Waals surface area contributed by atoms with E-state index in [4.69, 9.17) is 23.2 Å². The number of oxime groups is 1. The summed E-state index contributed by atoms with van der Waals surface area (Å²) in [5.74, 6) is -1.19. The number of nitrogens with zero attached hydrogens (tertiary/aromatic N) is 1. The van der Waals surface area contributed by atoms with Crippen molar-refractivity contribution in [3.63, 3.8) is 0 Å². The van der Waals surface area contributed by atoms with E-state index in [9.17, 15) is 9.18 Å². The van der Waals surface area contributed by atoms with E-state index in [1.165, 1.54) is 24.3 Å². The van der Waals surface area contributed by atoms with E-state index in [0.29, 0.717) is 0 Å². The van der Waals surface area contributed by atoms with Crippen molar-refractivity contribution < 1.29 is 14.0 Å². The molecule has 1 aliphatic rings. The van der Waals surface area contributed by atoms with Gasteiger partial charge in [0.05, 0.1) is 16.5 Å². The molecule has 1 aliphatic heterocycles. The maximum atomic E-state index is 13.5. The summed E-state index contributed by atoms with van der Waals surface area (Å²) in [4.78, 5) is 15.8. The lowest BCUT2D eigenvalue weighted by Gasteiger charge is -2.01. The minimum Gasteiger partial charge on any atom is -0.312 e. The molecule has 1 aromatic rings. The second-order valence-corrected chi connectivity index (χ2v) is 3.92. The van der Waals surface area contributed by atoms with Crippen LogP contribution in [-0.2, 0) is 9.63 Å². The van der Waals surface area contributed by atoms with Crippen molar-refractivity contribution in [3.05, 3.63) is 40.2 Å². The summed E-state index contributed by atoms with van der Waals surface area (Å²) in [5.41, 5.74) is 0.490. The summed E-state index contributed by atoms with van der Waals surface area (Å²) < 4.78 is 13.5.